The summed E-state index contributed by atoms with van der Waals surface area (Å²) in [4.78, 5) is 5.23. The number of hydrogen-bond acceptors (Lipinski definition) is 3. The third-order valence-electron chi connectivity index (χ3n) is 12.7. The van der Waals surface area contributed by atoms with Crippen LogP contribution in [0.1, 0.15) is 0 Å². The van der Waals surface area contributed by atoms with Crippen LogP contribution >= 0.6 is 23.1 Å². The summed E-state index contributed by atoms with van der Waals surface area (Å²) in [5.41, 5.74) is 3.49. The molecule has 0 unspecified atom stereocenters. The van der Waals surface area contributed by atoms with Crippen molar-refractivity contribution < 1.29 is 0 Å². The third-order valence-corrected chi connectivity index (χ3v) is 25.7. The van der Waals surface area contributed by atoms with E-state index in [1.807, 2.05) is 23.1 Å². The summed E-state index contributed by atoms with van der Waals surface area (Å²) in [5.74, 6) is 0. The van der Waals surface area contributed by atoms with E-state index in [0.717, 1.165) is 11.4 Å². The maximum Gasteiger partial charge on any atom is 0.181 e. The molecule has 12 rings (SSSR count). The van der Waals surface area contributed by atoms with Crippen LogP contribution in [0.25, 0.3) is 20.2 Å². The summed E-state index contributed by atoms with van der Waals surface area (Å²) in [6.45, 7) is 0. The number of nitrogens with zero attached hydrogens (tertiary/aromatic N) is 1. The first-order chi connectivity index (χ1) is 29.3. The summed E-state index contributed by atoms with van der Waals surface area (Å²) < 4.78 is 2.63. The molecule has 9 aromatic carbocycles. The first-order valence-electron chi connectivity index (χ1n) is 20.3. The van der Waals surface area contributed by atoms with Crippen molar-refractivity contribution in [2.45, 2.75) is 9.79 Å². The number of thiophene rings is 1. The third kappa shape index (κ3) is 5.03. The highest BCUT2D eigenvalue weighted by molar-refractivity contribution is 8.00. The molecule has 0 aliphatic carbocycles. The Labute approximate surface area is 354 Å². The van der Waals surface area contributed by atoms with Gasteiger partial charge in [0.2, 0.25) is 0 Å². The Morgan fingerprint density at radius 2 is 0.780 bits per heavy atom. The van der Waals surface area contributed by atoms with Crippen LogP contribution in [0.2, 0.25) is 0 Å². The highest BCUT2D eigenvalue weighted by Gasteiger charge is 2.58. The summed E-state index contributed by atoms with van der Waals surface area (Å²) in [6.07, 6.45) is 0. The zero-order valence-corrected chi connectivity index (χ0v) is 35.8. The van der Waals surface area contributed by atoms with E-state index in [2.05, 4.69) is 229 Å². The monoisotopic (exact) mass is 819 g/mol. The van der Waals surface area contributed by atoms with E-state index < -0.39 is 16.1 Å². The van der Waals surface area contributed by atoms with Crippen LogP contribution in [-0.4, -0.2) is 16.1 Å². The van der Waals surface area contributed by atoms with Gasteiger partial charge in [-0.2, -0.15) is 0 Å². The van der Waals surface area contributed by atoms with Gasteiger partial charge in [0.25, 0.3) is 0 Å². The van der Waals surface area contributed by atoms with Crippen molar-refractivity contribution in [1.29, 1.82) is 0 Å². The number of benzene rings is 9. The minimum atomic E-state index is -2.97. The predicted octanol–water partition coefficient (Wildman–Crippen LogP) is 9.06. The molecular weight excluding hydrogens is 783 g/mol. The normalized spacial score (nSPS) is 14.3. The van der Waals surface area contributed by atoms with Crippen molar-refractivity contribution in [3.63, 3.8) is 0 Å². The van der Waals surface area contributed by atoms with Crippen LogP contribution in [0.3, 0.4) is 0 Å². The van der Waals surface area contributed by atoms with Gasteiger partial charge in [0.1, 0.15) is 0 Å². The smallest absolute Gasteiger partial charge is 0.181 e. The van der Waals surface area contributed by atoms with Gasteiger partial charge in [-0.1, -0.05) is 176 Å². The van der Waals surface area contributed by atoms with Gasteiger partial charge in [-0.05, 0) is 102 Å². The lowest BCUT2D eigenvalue weighted by Gasteiger charge is -2.50. The summed E-state index contributed by atoms with van der Waals surface area (Å²) in [5, 5.41) is 14.4. The Hall–Kier alpha value is -6.22. The molecule has 0 fully saturated rings. The zero-order chi connectivity index (χ0) is 39.0. The van der Waals surface area contributed by atoms with Gasteiger partial charge in [-0.3, -0.25) is 0 Å². The predicted molar refractivity (Wildman–Crippen MR) is 259 cm³/mol. The molecule has 0 bridgehead atoms. The molecule has 59 heavy (non-hydrogen) atoms. The molecule has 0 saturated carbocycles. The second kappa shape index (κ2) is 13.7. The highest BCUT2D eigenvalue weighted by Crippen LogP contribution is 2.41. The molecule has 5 heteroatoms. The Morgan fingerprint density at radius 3 is 1.44 bits per heavy atom. The van der Waals surface area contributed by atoms with Crippen LogP contribution in [-0.2, 0) is 0 Å². The van der Waals surface area contributed by atoms with Gasteiger partial charge in [-0.15, -0.1) is 11.3 Å². The lowest BCUT2D eigenvalue weighted by Crippen LogP contribution is -2.93. The fourth-order valence-electron chi connectivity index (χ4n) is 10.4. The van der Waals surface area contributed by atoms with Gasteiger partial charge < -0.3 is 4.90 Å². The molecule has 1 aromatic heterocycles. The van der Waals surface area contributed by atoms with E-state index in [0.29, 0.717) is 0 Å². The standard InChI is InChI=1S/C54H37NS2Si2/c1-4-18-38(19-5-1)55(39-32-34-46-44(36-39)43-24-10-11-25-45(43)56-46)40-33-35-53-54(37-40)59(49-28-14-12-26-47(49)57-48-27-13-15-29-50(48)59)52-31-17-16-30-51(52)58(53,41-20-6-2-7-21-41)42-22-8-3-9-23-42/h1-37H. The average Bonchev–Trinajstić information content (AvgIpc) is 3.68. The topological polar surface area (TPSA) is 3.24 Å². The molecule has 1 spiro atoms. The molecule has 0 N–H and O–H groups in total. The molecule has 1 nitrogen and oxygen atoms in total. The second-order valence-corrected chi connectivity index (χ2v) is 25.1. The lowest BCUT2D eigenvalue weighted by molar-refractivity contribution is 1.29. The molecule has 278 valence electrons. The maximum atomic E-state index is 2.64. The first kappa shape index (κ1) is 34.8. The van der Waals surface area contributed by atoms with Crippen LogP contribution in [0.15, 0.2) is 234 Å². The van der Waals surface area contributed by atoms with Crippen molar-refractivity contribution in [3.05, 3.63) is 224 Å². The molecule has 10 aromatic rings. The van der Waals surface area contributed by atoms with E-state index in [4.69, 9.17) is 0 Å². The van der Waals surface area contributed by atoms with E-state index >= 15 is 0 Å². The molecule has 0 amide bonds. The maximum absolute atomic E-state index is 2.97. The Morgan fingerprint density at radius 1 is 0.305 bits per heavy atom. The van der Waals surface area contributed by atoms with Crippen molar-refractivity contribution in [3.8, 4) is 0 Å². The van der Waals surface area contributed by atoms with Gasteiger partial charge in [0.05, 0.1) is 0 Å². The molecule has 0 radical (unpaired) electrons. The number of rotatable bonds is 5. The highest BCUT2D eigenvalue weighted by atomic mass is 32.2. The van der Waals surface area contributed by atoms with Crippen molar-refractivity contribution in [2.24, 2.45) is 0 Å². The fourth-order valence-corrected chi connectivity index (χ4v) is 25.7. The van der Waals surface area contributed by atoms with Crippen molar-refractivity contribution in [1.82, 2.24) is 0 Å². The largest absolute Gasteiger partial charge is 0.310 e. The Kier molecular flexibility index (Phi) is 8.07. The molecule has 2 aliphatic rings. The first-order valence-corrected chi connectivity index (χ1v) is 25.9. The van der Waals surface area contributed by atoms with Crippen LogP contribution in [0.5, 0.6) is 0 Å². The minimum Gasteiger partial charge on any atom is -0.310 e. The van der Waals surface area contributed by atoms with Gasteiger partial charge in [0, 0.05) is 47.0 Å². The van der Waals surface area contributed by atoms with Crippen LogP contribution in [0, 0.1) is 0 Å². The van der Waals surface area contributed by atoms with E-state index in [9.17, 15) is 0 Å². The van der Waals surface area contributed by atoms with Crippen LogP contribution < -0.4 is 46.4 Å². The molecule has 0 atom stereocenters. The number of hydrogen-bond donors (Lipinski definition) is 0. The van der Waals surface area contributed by atoms with E-state index in [1.165, 1.54) is 77.1 Å². The van der Waals surface area contributed by atoms with Crippen LogP contribution in [0.4, 0.5) is 17.1 Å². The summed E-state index contributed by atoms with van der Waals surface area (Å²) in [7, 11) is -5.86. The second-order valence-electron chi connectivity index (χ2n) is 15.6. The minimum absolute atomic E-state index is 1.15. The fraction of sp³-hybridized carbons (Fsp3) is 0. The van der Waals surface area contributed by atoms with Gasteiger partial charge in [0.15, 0.2) is 16.1 Å². The Bertz CT molecular complexity index is 3130. The SMILES string of the molecule is c1ccc(N(c2ccc3c(c2)[Si]2(c4ccccc4Sc4ccccc42)c2ccccc2[Si]3(c2ccccc2)c2ccccc2)c2ccc3sc4ccccc4c3c2)cc1. The number of anilines is 3. The molecular formula is C54H37NS2Si2. The summed E-state index contributed by atoms with van der Waals surface area (Å²) in [6, 6.07) is 85.7. The van der Waals surface area contributed by atoms with Crippen molar-refractivity contribution >= 4 is 118 Å². The quantitative estimate of drug-likeness (QED) is 0.160. The number of fused-ring (bicyclic) bond motifs is 11. The zero-order valence-electron chi connectivity index (χ0n) is 32.1. The lowest BCUT2D eigenvalue weighted by atomic mass is 10.1. The molecule has 2 aliphatic heterocycles. The molecule has 0 saturated heterocycles. The molecule has 3 heterocycles. The van der Waals surface area contributed by atoms with Crippen molar-refractivity contribution in [2.75, 3.05) is 4.90 Å². The van der Waals surface area contributed by atoms with E-state index in [1.54, 1.807) is 0 Å². The Balaban J connectivity index is 1.24. The average molecular weight is 820 g/mol. The van der Waals surface area contributed by atoms with Gasteiger partial charge >= 0.3 is 0 Å². The van der Waals surface area contributed by atoms with Gasteiger partial charge in [-0.25, -0.2) is 0 Å². The number of para-hydroxylation sites is 1. The van der Waals surface area contributed by atoms with E-state index in [-0.39, 0.29) is 0 Å². The summed E-state index contributed by atoms with van der Waals surface area (Å²) >= 11 is 3.81.